The topological polar surface area (TPSA) is 179 Å². The maximum atomic E-state index is 14.2. The van der Waals surface area contributed by atoms with E-state index in [4.69, 9.17) is 25.2 Å². The quantitative estimate of drug-likeness (QED) is 0.116. The number of halogens is 4. The largest absolute Gasteiger partial charge is 0.490 e. The molecule has 1 saturated heterocycles. The third kappa shape index (κ3) is 10.2. The molecule has 2 aliphatic rings. The van der Waals surface area contributed by atoms with E-state index in [0.29, 0.717) is 45.9 Å². The zero-order valence-corrected chi connectivity index (χ0v) is 33.6. The van der Waals surface area contributed by atoms with E-state index in [1.165, 1.54) is 6.20 Å². The minimum Gasteiger partial charge on any atom is -0.490 e. The number of aromatic nitrogens is 3. The number of para-hydroxylation sites is 1. The molecule has 0 aliphatic carbocycles. The number of amides is 2. The summed E-state index contributed by atoms with van der Waals surface area (Å²) in [6.07, 6.45) is -0.847. The van der Waals surface area contributed by atoms with E-state index in [-0.39, 0.29) is 45.0 Å². The number of pyridine rings is 1. The van der Waals surface area contributed by atoms with Crippen molar-refractivity contribution in [1.82, 2.24) is 35.4 Å². The molecule has 7 rings (SSSR count). The number of ether oxygens (including phenoxy) is 1. The summed E-state index contributed by atoms with van der Waals surface area (Å²) in [4.78, 5) is 44.3. The van der Waals surface area contributed by atoms with E-state index in [2.05, 4.69) is 20.3 Å². The fraction of sp³-hybridized carbons (Fsp3) is 0.405. The Morgan fingerprint density at radius 1 is 0.967 bits per heavy atom. The number of oxazole rings is 2. The fourth-order valence-corrected chi connectivity index (χ4v) is 7.67. The van der Waals surface area contributed by atoms with Gasteiger partial charge in [0.25, 0.3) is 0 Å². The SMILES string of the molecule is CC(C)(c1ncc(-c2ccc(Cl)cc2)o1)N1CCN(C[C@@H](O)C[C@@H](Cc2ncc(-c3cccnc3)o2)C(=O)N[C@H]2c3ccccc3OC[C@H]2O)[C@H](C(=O)NCC(F)(F)F)C1. The molecular weight excluding hydrogens is 807 g/mol. The number of alkyl halides is 3. The number of β-amino-alcohol motifs (C(OH)–C–C–N with tert-alkyl or cyclic N) is 1. The first-order valence-corrected chi connectivity index (χ1v) is 19.8. The molecule has 5 atom stereocenters. The standard InChI is InChI=1S/C42H45ClF3N7O7/c1-41(2,40-49-20-34(60-40)25-9-11-28(43)12-10-25)53-15-14-52(31(22-53)39(57)50-24-42(44,45)46)21-29(54)16-27(17-36-48-19-35(59-36)26-6-5-13-47-18-26)38(56)51-37-30-7-3-4-8-33(30)58-23-32(37)55/h3-13,18-20,27,29,31-32,37,54-55H,14-17,21-24H2,1-2H3,(H,50,57)(H,51,56)/t27-,29-,31-,32+,37-/m0/s1. The molecule has 0 spiro atoms. The van der Waals surface area contributed by atoms with Gasteiger partial charge in [0.15, 0.2) is 17.4 Å². The summed E-state index contributed by atoms with van der Waals surface area (Å²) in [7, 11) is 0. The normalized spacial score (nSPS) is 19.8. The summed E-state index contributed by atoms with van der Waals surface area (Å²) in [5.41, 5.74) is 1.09. The summed E-state index contributed by atoms with van der Waals surface area (Å²) < 4.78 is 57.8. The number of aliphatic hydroxyl groups is 2. The molecule has 2 amide bonds. The second kappa shape index (κ2) is 18.1. The molecule has 0 saturated carbocycles. The maximum absolute atomic E-state index is 14.2. The molecule has 60 heavy (non-hydrogen) atoms. The van der Waals surface area contributed by atoms with Crippen LogP contribution in [0.3, 0.4) is 0 Å². The van der Waals surface area contributed by atoms with Crippen LogP contribution in [0.5, 0.6) is 5.75 Å². The van der Waals surface area contributed by atoms with Gasteiger partial charge in [-0.05, 0) is 62.7 Å². The molecule has 1 fully saturated rings. The third-order valence-electron chi connectivity index (χ3n) is 10.8. The number of hydrogen-bond donors (Lipinski definition) is 4. The highest BCUT2D eigenvalue weighted by Gasteiger charge is 2.43. The van der Waals surface area contributed by atoms with Crippen molar-refractivity contribution in [3.63, 3.8) is 0 Å². The minimum atomic E-state index is -4.65. The van der Waals surface area contributed by atoms with Gasteiger partial charge >= 0.3 is 6.18 Å². The van der Waals surface area contributed by atoms with Gasteiger partial charge < -0.3 is 34.4 Å². The zero-order chi connectivity index (χ0) is 42.6. The predicted octanol–water partition coefficient (Wildman–Crippen LogP) is 5.17. The van der Waals surface area contributed by atoms with Crippen molar-refractivity contribution >= 4 is 23.4 Å². The Morgan fingerprint density at radius 3 is 2.47 bits per heavy atom. The van der Waals surface area contributed by atoms with Gasteiger partial charge in [0, 0.05) is 72.6 Å². The second-order valence-corrected chi connectivity index (χ2v) is 15.9. The number of fused-ring (bicyclic) bond motifs is 1. The van der Waals surface area contributed by atoms with Crippen LogP contribution in [0, 0.1) is 5.92 Å². The Balaban J connectivity index is 1.10. The van der Waals surface area contributed by atoms with Crippen molar-refractivity contribution < 1.29 is 46.5 Å². The predicted molar refractivity (Wildman–Crippen MR) is 212 cm³/mol. The second-order valence-electron chi connectivity index (χ2n) is 15.4. The molecule has 2 aromatic carbocycles. The van der Waals surface area contributed by atoms with Crippen LogP contribution in [0.2, 0.25) is 5.02 Å². The summed E-state index contributed by atoms with van der Waals surface area (Å²) in [5.74, 6) is -0.376. The molecule has 14 nitrogen and oxygen atoms in total. The molecule has 2 aliphatic heterocycles. The summed E-state index contributed by atoms with van der Waals surface area (Å²) in [5, 5.41) is 28.1. The van der Waals surface area contributed by atoms with Crippen LogP contribution in [-0.4, -0.2) is 111 Å². The number of rotatable bonds is 14. The molecule has 318 valence electrons. The number of piperazine rings is 1. The molecular formula is C42H45ClF3N7O7. The Bertz CT molecular complexity index is 2240. The molecule has 4 N–H and O–H groups in total. The van der Waals surface area contributed by atoms with Gasteiger partial charge in [-0.1, -0.05) is 29.8 Å². The van der Waals surface area contributed by atoms with E-state index >= 15 is 0 Å². The Hall–Kier alpha value is -5.33. The molecule has 18 heteroatoms. The van der Waals surface area contributed by atoms with Crippen molar-refractivity contribution in [3.05, 3.63) is 108 Å². The summed E-state index contributed by atoms with van der Waals surface area (Å²) in [6.45, 7) is 2.43. The third-order valence-corrected chi connectivity index (χ3v) is 11.1. The van der Waals surface area contributed by atoms with E-state index in [1.54, 1.807) is 84.2 Å². The van der Waals surface area contributed by atoms with Crippen molar-refractivity contribution in [2.24, 2.45) is 5.92 Å². The van der Waals surface area contributed by atoms with E-state index < -0.39 is 60.3 Å². The molecule has 0 radical (unpaired) electrons. The van der Waals surface area contributed by atoms with Crippen LogP contribution < -0.4 is 15.4 Å². The highest BCUT2D eigenvalue weighted by Crippen LogP contribution is 2.35. The van der Waals surface area contributed by atoms with Crippen molar-refractivity contribution in [2.75, 3.05) is 39.3 Å². The van der Waals surface area contributed by atoms with Gasteiger partial charge in [-0.3, -0.25) is 24.4 Å². The van der Waals surface area contributed by atoms with Crippen molar-refractivity contribution in [3.8, 4) is 28.4 Å². The minimum absolute atomic E-state index is 0.0273. The molecule has 3 aromatic heterocycles. The molecule has 5 heterocycles. The Kier molecular flexibility index (Phi) is 12.9. The highest BCUT2D eigenvalue weighted by molar-refractivity contribution is 6.30. The number of nitrogens with zero attached hydrogens (tertiary/aromatic N) is 5. The first-order valence-electron chi connectivity index (χ1n) is 19.4. The van der Waals surface area contributed by atoms with Gasteiger partial charge in [0.2, 0.25) is 17.7 Å². The average Bonchev–Trinajstić information content (AvgIpc) is 3.93. The maximum Gasteiger partial charge on any atom is 0.405 e. The lowest BCUT2D eigenvalue weighted by Crippen LogP contribution is -2.63. The molecule has 0 bridgehead atoms. The number of benzene rings is 2. The van der Waals surface area contributed by atoms with Crippen LogP contribution in [0.1, 0.15) is 43.7 Å². The lowest BCUT2D eigenvalue weighted by molar-refractivity contribution is -0.145. The van der Waals surface area contributed by atoms with Crippen LogP contribution in [0.25, 0.3) is 22.6 Å². The van der Waals surface area contributed by atoms with Crippen LogP contribution >= 0.6 is 11.6 Å². The number of carbonyl (C=O) groups excluding carboxylic acids is 2. The Labute approximate surface area is 348 Å². The fourth-order valence-electron chi connectivity index (χ4n) is 7.55. The van der Waals surface area contributed by atoms with Gasteiger partial charge in [-0.15, -0.1) is 0 Å². The number of nitrogens with one attached hydrogen (secondary N) is 2. The van der Waals surface area contributed by atoms with Crippen LogP contribution in [-0.2, 0) is 21.5 Å². The highest BCUT2D eigenvalue weighted by atomic mass is 35.5. The van der Waals surface area contributed by atoms with E-state index in [9.17, 15) is 33.0 Å². The van der Waals surface area contributed by atoms with Crippen molar-refractivity contribution in [2.45, 2.75) is 62.7 Å². The van der Waals surface area contributed by atoms with Gasteiger partial charge in [-0.25, -0.2) is 9.97 Å². The number of hydrogen-bond acceptors (Lipinski definition) is 12. The molecule has 0 unspecified atom stereocenters. The van der Waals surface area contributed by atoms with E-state index in [0.717, 1.165) is 5.56 Å². The zero-order valence-electron chi connectivity index (χ0n) is 32.8. The average molecular weight is 852 g/mol. The Morgan fingerprint density at radius 2 is 1.72 bits per heavy atom. The monoisotopic (exact) mass is 851 g/mol. The molecule has 5 aromatic rings. The van der Waals surface area contributed by atoms with Crippen LogP contribution in [0.4, 0.5) is 13.2 Å². The number of carbonyl (C=O) groups is 2. The smallest absolute Gasteiger partial charge is 0.405 e. The first kappa shape index (κ1) is 42.8. The number of aliphatic hydroxyl groups excluding tert-OH is 2. The van der Waals surface area contributed by atoms with Gasteiger partial charge in [0.05, 0.1) is 30.1 Å². The lowest BCUT2D eigenvalue weighted by atomic mass is 9.93. The first-order chi connectivity index (χ1) is 28.6. The van der Waals surface area contributed by atoms with Gasteiger partial charge in [0.1, 0.15) is 31.0 Å². The van der Waals surface area contributed by atoms with Crippen molar-refractivity contribution in [1.29, 1.82) is 0 Å². The lowest BCUT2D eigenvalue weighted by Gasteiger charge is -2.46. The van der Waals surface area contributed by atoms with E-state index in [1.807, 2.05) is 24.1 Å². The van der Waals surface area contributed by atoms with Gasteiger partial charge in [-0.2, -0.15) is 13.2 Å². The summed E-state index contributed by atoms with van der Waals surface area (Å²) >= 11 is 6.05. The summed E-state index contributed by atoms with van der Waals surface area (Å²) in [6, 6.07) is 15.6. The van der Waals surface area contributed by atoms with Crippen LogP contribution in [0.15, 0.2) is 94.3 Å².